The van der Waals surface area contributed by atoms with Crippen LogP contribution in [0.1, 0.15) is 34.8 Å². The summed E-state index contributed by atoms with van der Waals surface area (Å²) in [5, 5.41) is 3.96. The van der Waals surface area contributed by atoms with Gasteiger partial charge in [-0.25, -0.2) is 10.2 Å². The van der Waals surface area contributed by atoms with Crippen molar-refractivity contribution in [2.45, 2.75) is 19.8 Å². The van der Waals surface area contributed by atoms with E-state index in [4.69, 9.17) is 18.9 Å². The quantitative estimate of drug-likeness (QED) is 0.117. The van der Waals surface area contributed by atoms with Crippen molar-refractivity contribution in [2.75, 3.05) is 20.3 Å². The van der Waals surface area contributed by atoms with Crippen LogP contribution < -0.4 is 24.4 Å². The maximum absolute atomic E-state index is 12.6. The third-order valence-electron chi connectivity index (χ3n) is 5.05. The molecule has 0 aliphatic rings. The number of carbonyl (C=O) groups excluding carboxylic acids is 2. The van der Waals surface area contributed by atoms with Crippen LogP contribution in [0, 0.1) is 0 Å². The molecule has 0 saturated heterocycles. The van der Waals surface area contributed by atoms with Gasteiger partial charge in [-0.15, -0.1) is 6.58 Å². The number of para-hydroxylation sites is 1. The molecule has 8 nitrogen and oxygen atoms in total. The molecule has 8 heteroatoms. The second kappa shape index (κ2) is 14.1. The molecule has 192 valence electrons. The molecule has 1 N–H and O–H groups in total. The smallest absolute Gasteiger partial charge is 0.343 e. The van der Waals surface area contributed by atoms with Crippen molar-refractivity contribution < 1.29 is 28.5 Å². The van der Waals surface area contributed by atoms with Crippen molar-refractivity contribution in [3.63, 3.8) is 0 Å². The molecule has 0 heterocycles. The number of allylic oxidation sites excluding steroid dienone is 1. The SMILES string of the molecule is C=CCc1ccccc1OCC(=O)N/N=C/c1ccc(OC(=O)c2ccc(OCCC)cc2)c(OC)c1. The first-order chi connectivity index (χ1) is 18.0. The topological polar surface area (TPSA) is 95.5 Å². The summed E-state index contributed by atoms with van der Waals surface area (Å²) in [4.78, 5) is 24.7. The Hall–Kier alpha value is -4.59. The van der Waals surface area contributed by atoms with Crippen LogP contribution in [-0.2, 0) is 11.2 Å². The Balaban J connectivity index is 1.55. The van der Waals surface area contributed by atoms with Crippen molar-refractivity contribution >= 4 is 18.1 Å². The van der Waals surface area contributed by atoms with Crippen molar-refractivity contribution in [1.82, 2.24) is 5.43 Å². The van der Waals surface area contributed by atoms with Crippen molar-refractivity contribution in [1.29, 1.82) is 0 Å². The van der Waals surface area contributed by atoms with E-state index in [1.165, 1.54) is 13.3 Å². The zero-order chi connectivity index (χ0) is 26.5. The van der Waals surface area contributed by atoms with Crippen LogP contribution in [-0.4, -0.2) is 38.4 Å². The average molecular weight is 503 g/mol. The normalized spacial score (nSPS) is 10.5. The van der Waals surface area contributed by atoms with Crippen LogP contribution in [0.4, 0.5) is 0 Å². The Kier molecular flexibility index (Phi) is 10.3. The third kappa shape index (κ3) is 8.24. The lowest BCUT2D eigenvalue weighted by Crippen LogP contribution is -2.24. The number of methoxy groups -OCH3 is 1. The molecule has 0 aromatic heterocycles. The molecule has 0 bridgehead atoms. The van der Waals surface area contributed by atoms with Gasteiger partial charge in [-0.1, -0.05) is 31.2 Å². The van der Waals surface area contributed by atoms with E-state index in [0.29, 0.717) is 41.4 Å². The van der Waals surface area contributed by atoms with Gasteiger partial charge in [0.1, 0.15) is 11.5 Å². The van der Waals surface area contributed by atoms with E-state index in [9.17, 15) is 9.59 Å². The molecule has 0 aliphatic heterocycles. The minimum atomic E-state index is -0.524. The lowest BCUT2D eigenvalue weighted by Gasteiger charge is -2.10. The maximum Gasteiger partial charge on any atom is 0.343 e. The first kappa shape index (κ1) is 27.0. The number of nitrogens with zero attached hydrogens (tertiary/aromatic N) is 1. The second-order valence-electron chi connectivity index (χ2n) is 7.86. The fraction of sp³-hybridized carbons (Fsp3) is 0.207. The number of esters is 1. The largest absolute Gasteiger partial charge is 0.494 e. The van der Waals surface area contributed by atoms with Crippen LogP contribution in [0.3, 0.4) is 0 Å². The van der Waals surface area contributed by atoms with Gasteiger partial charge in [-0.2, -0.15) is 5.10 Å². The molecule has 3 aromatic rings. The minimum absolute atomic E-state index is 0.185. The summed E-state index contributed by atoms with van der Waals surface area (Å²) in [6, 6.07) is 19.1. The highest BCUT2D eigenvalue weighted by molar-refractivity contribution is 5.92. The van der Waals surface area contributed by atoms with E-state index in [2.05, 4.69) is 17.1 Å². The molecule has 37 heavy (non-hydrogen) atoms. The summed E-state index contributed by atoms with van der Waals surface area (Å²) in [6.07, 6.45) is 4.76. The molecule has 0 fully saturated rings. The molecule has 3 aromatic carbocycles. The number of ether oxygens (including phenoxy) is 4. The summed E-state index contributed by atoms with van der Waals surface area (Å²) in [5.41, 5.74) is 4.38. The third-order valence-corrected chi connectivity index (χ3v) is 5.05. The molecule has 0 radical (unpaired) electrons. The number of hydrazone groups is 1. The highest BCUT2D eigenvalue weighted by atomic mass is 16.6. The predicted molar refractivity (Wildman–Crippen MR) is 142 cm³/mol. The predicted octanol–water partition coefficient (Wildman–Crippen LogP) is 4.96. The molecule has 0 aliphatic carbocycles. The molecule has 1 amide bonds. The Morgan fingerprint density at radius 2 is 1.76 bits per heavy atom. The Labute approximate surface area is 216 Å². The number of nitrogens with one attached hydrogen (secondary N) is 1. The molecule has 3 rings (SSSR count). The summed E-state index contributed by atoms with van der Waals surface area (Å²) in [5.74, 6) is 0.977. The van der Waals surface area contributed by atoms with Crippen LogP contribution in [0.25, 0.3) is 0 Å². The highest BCUT2D eigenvalue weighted by Crippen LogP contribution is 2.28. The molecule has 0 unspecified atom stereocenters. The Morgan fingerprint density at radius 1 is 0.973 bits per heavy atom. The van der Waals surface area contributed by atoms with Gasteiger partial charge in [0.05, 0.1) is 25.5 Å². The summed E-state index contributed by atoms with van der Waals surface area (Å²) in [6.45, 7) is 6.17. The average Bonchev–Trinajstić information content (AvgIpc) is 2.92. The van der Waals surface area contributed by atoms with Gasteiger partial charge in [0.2, 0.25) is 0 Å². The first-order valence-corrected chi connectivity index (χ1v) is 11.8. The number of benzene rings is 3. The van der Waals surface area contributed by atoms with Crippen molar-refractivity contribution in [3.8, 4) is 23.0 Å². The zero-order valence-electron chi connectivity index (χ0n) is 20.9. The van der Waals surface area contributed by atoms with Gasteiger partial charge in [-0.05, 0) is 72.5 Å². The number of carbonyl (C=O) groups is 2. The molecular formula is C29H30N2O6. The fourth-order valence-electron chi connectivity index (χ4n) is 3.24. The van der Waals surface area contributed by atoms with Crippen LogP contribution >= 0.6 is 0 Å². The molecular weight excluding hydrogens is 472 g/mol. The second-order valence-corrected chi connectivity index (χ2v) is 7.86. The Bertz CT molecular complexity index is 1240. The molecule has 0 atom stereocenters. The number of amides is 1. The lowest BCUT2D eigenvalue weighted by molar-refractivity contribution is -0.123. The number of hydrogen-bond donors (Lipinski definition) is 1. The van der Waals surface area contributed by atoms with Crippen LogP contribution in [0.15, 0.2) is 84.5 Å². The van der Waals surface area contributed by atoms with E-state index < -0.39 is 11.9 Å². The van der Waals surface area contributed by atoms with Gasteiger partial charge in [0.15, 0.2) is 18.1 Å². The van der Waals surface area contributed by atoms with Gasteiger partial charge in [0.25, 0.3) is 5.91 Å². The van der Waals surface area contributed by atoms with Gasteiger partial charge in [-0.3, -0.25) is 4.79 Å². The van der Waals surface area contributed by atoms with Crippen LogP contribution in [0.2, 0.25) is 0 Å². The number of rotatable bonds is 13. The van der Waals surface area contributed by atoms with Crippen molar-refractivity contribution in [2.24, 2.45) is 5.10 Å². The van der Waals surface area contributed by atoms with E-state index in [0.717, 1.165) is 12.0 Å². The highest BCUT2D eigenvalue weighted by Gasteiger charge is 2.13. The van der Waals surface area contributed by atoms with Crippen molar-refractivity contribution in [3.05, 3.63) is 96.1 Å². The molecule has 0 spiro atoms. The Morgan fingerprint density at radius 3 is 2.49 bits per heavy atom. The monoisotopic (exact) mass is 502 g/mol. The summed E-state index contributed by atoms with van der Waals surface area (Å²) < 4.78 is 22.0. The van der Waals surface area contributed by atoms with E-state index in [1.54, 1.807) is 54.6 Å². The summed E-state index contributed by atoms with van der Waals surface area (Å²) in [7, 11) is 1.47. The minimum Gasteiger partial charge on any atom is -0.494 e. The maximum atomic E-state index is 12.6. The lowest BCUT2D eigenvalue weighted by atomic mass is 10.1. The zero-order valence-corrected chi connectivity index (χ0v) is 20.9. The summed E-state index contributed by atoms with van der Waals surface area (Å²) >= 11 is 0. The standard InChI is InChI=1S/C29H30N2O6/c1-4-8-22-9-6-7-10-25(22)36-20-28(32)31-30-19-21-11-16-26(27(18-21)34-3)37-29(33)23-12-14-24(15-13-23)35-17-5-2/h4,6-7,9-16,18-19H,1,5,8,17,20H2,2-3H3,(H,31,32)/b30-19+. The van der Waals surface area contributed by atoms with E-state index in [-0.39, 0.29) is 12.4 Å². The van der Waals surface area contributed by atoms with Gasteiger partial charge in [0, 0.05) is 0 Å². The molecule has 0 saturated carbocycles. The first-order valence-electron chi connectivity index (χ1n) is 11.8. The van der Waals surface area contributed by atoms with Gasteiger partial charge >= 0.3 is 5.97 Å². The number of hydrogen-bond acceptors (Lipinski definition) is 7. The van der Waals surface area contributed by atoms with Gasteiger partial charge < -0.3 is 18.9 Å². The van der Waals surface area contributed by atoms with Crippen LogP contribution in [0.5, 0.6) is 23.0 Å². The van der Waals surface area contributed by atoms with E-state index in [1.807, 2.05) is 25.1 Å². The van der Waals surface area contributed by atoms with E-state index >= 15 is 0 Å². The fourth-order valence-corrected chi connectivity index (χ4v) is 3.24.